The number of H-pyrrole nitrogens is 1. The molecule has 6 heteroatoms. The average Bonchev–Trinajstić information content (AvgIpc) is 2.49. The van der Waals surface area contributed by atoms with Crippen molar-refractivity contribution >= 4 is 6.09 Å². The van der Waals surface area contributed by atoms with Crippen LogP contribution in [0.3, 0.4) is 0 Å². The third kappa shape index (κ3) is 3.88. The molecule has 0 radical (unpaired) electrons. The Kier molecular flexibility index (Phi) is 3.06. The van der Waals surface area contributed by atoms with Gasteiger partial charge in [0.1, 0.15) is 12.3 Å². The van der Waals surface area contributed by atoms with Crippen LogP contribution in [0.25, 0.3) is 0 Å². The van der Waals surface area contributed by atoms with Crippen molar-refractivity contribution in [2.75, 3.05) is 0 Å². The summed E-state index contributed by atoms with van der Waals surface area (Å²) < 4.78 is 4.89. The lowest BCUT2D eigenvalue weighted by Crippen LogP contribution is -2.40. The summed E-state index contributed by atoms with van der Waals surface area (Å²) in [4.78, 5) is 11.2. The number of carbonyl (C=O) groups excluding carboxylic acids is 1. The quantitative estimate of drug-likeness (QED) is 0.737. The largest absolute Gasteiger partial charge is 0.443 e. The van der Waals surface area contributed by atoms with E-state index in [9.17, 15) is 4.79 Å². The van der Waals surface area contributed by atoms with Crippen molar-refractivity contribution in [3.05, 3.63) is 11.9 Å². The van der Waals surface area contributed by atoms with Gasteiger partial charge in [0, 0.05) is 5.54 Å². The maximum Gasteiger partial charge on any atom is 0.407 e. The van der Waals surface area contributed by atoms with Crippen molar-refractivity contribution < 1.29 is 9.53 Å². The van der Waals surface area contributed by atoms with Crippen LogP contribution in [0.1, 0.15) is 26.5 Å². The highest BCUT2D eigenvalue weighted by Crippen LogP contribution is 2.00. The van der Waals surface area contributed by atoms with Crippen molar-refractivity contribution in [3.63, 3.8) is 0 Å². The highest BCUT2D eigenvalue weighted by atomic mass is 16.5. The van der Waals surface area contributed by atoms with Crippen molar-refractivity contribution in [1.29, 1.82) is 0 Å². The van der Waals surface area contributed by atoms with Gasteiger partial charge in [-0.1, -0.05) is 0 Å². The number of hydrogen-bond acceptors (Lipinski definition) is 4. The molecule has 2 N–H and O–H groups in total. The first-order chi connectivity index (χ1) is 6.47. The second-order valence-corrected chi connectivity index (χ2v) is 3.91. The maximum atomic E-state index is 11.2. The molecule has 1 rings (SSSR count). The second-order valence-electron chi connectivity index (χ2n) is 3.91. The molecule has 1 amide bonds. The smallest absolute Gasteiger partial charge is 0.407 e. The van der Waals surface area contributed by atoms with E-state index in [-0.39, 0.29) is 12.1 Å². The first-order valence-corrected chi connectivity index (χ1v) is 4.27. The third-order valence-electron chi connectivity index (χ3n) is 1.29. The zero-order chi connectivity index (χ0) is 10.6. The van der Waals surface area contributed by atoms with Gasteiger partial charge in [-0.05, 0) is 20.8 Å². The number of nitrogens with zero attached hydrogens (tertiary/aromatic N) is 2. The van der Waals surface area contributed by atoms with Gasteiger partial charge < -0.3 is 10.1 Å². The Morgan fingerprint density at radius 2 is 2.36 bits per heavy atom. The number of aromatic amines is 1. The molecule has 6 nitrogen and oxygen atoms in total. The van der Waals surface area contributed by atoms with Crippen LogP contribution in [0.15, 0.2) is 6.20 Å². The molecule has 1 aromatic rings. The Balaban J connectivity index is 2.29. The van der Waals surface area contributed by atoms with Gasteiger partial charge in [-0.25, -0.2) is 4.79 Å². The molecule has 14 heavy (non-hydrogen) atoms. The van der Waals surface area contributed by atoms with E-state index in [2.05, 4.69) is 20.7 Å². The summed E-state index contributed by atoms with van der Waals surface area (Å²) in [5.41, 5.74) is 0.301. The molecular formula is C8H14N4O2. The fraction of sp³-hybridized carbons (Fsp3) is 0.625. The molecule has 0 unspecified atom stereocenters. The van der Waals surface area contributed by atoms with Gasteiger partial charge in [-0.3, -0.25) is 0 Å². The standard InChI is InChI=1S/C8H14N4O2/c1-8(2,3)10-7(13)14-5-6-4-9-12-11-6/h4H,5H2,1-3H3,(H,10,13)(H,9,11,12). The number of carbonyl (C=O) groups is 1. The van der Waals surface area contributed by atoms with E-state index in [0.717, 1.165) is 0 Å². The first-order valence-electron chi connectivity index (χ1n) is 4.27. The number of aromatic nitrogens is 3. The van der Waals surface area contributed by atoms with Crippen LogP contribution < -0.4 is 5.32 Å². The molecule has 0 aliphatic carbocycles. The lowest BCUT2D eigenvalue weighted by molar-refractivity contribution is 0.130. The molecule has 0 bridgehead atoms. The summed E-state index contributed by atoms with van der Waals surface area (Å²) in [6.45, 7) is 5.76. The third-order valence-corrected chi connectivity index (χ3v) is 1.29. The zero-order valence-corrected chi connectivity index (χ0v) is 8.50. The second kappa shape index (κ2) is 4.08. The van der Waals surface area contributed by atoms with E-state index >= 15 is 0 Å². The fourth-order valence-corrected chi connectivity index (χ4v) is 0.777. The predicted molar refractivity (Wildman–Crippen MR) is 49.5 cm³/mol. The molecule has 1 heterocycles. The number of nitrogens with one attached hydrogen (secondary N) is 2. The van der Waals surface area contributed by atoms with E-state index in [1.807, 2.05) is 20.8 Å². The number of rotatable bonds is 2. The summed E-state index contributed by atoms with van der Waals surface area (Å²) in [7, 11) is 0. The molecule has 0 aliphatic heterocycles. The number of hydrogen-bond donors (Lipinski definition) is 2. The lowest BCUT2D eigenvalue weighted by atomic mass is 10.1. The molecule has 78 valence electrons. The minimum absolute atomic E-state index is 0.123. The van der Waals surface area contributed by atoms with Crippen LogP contribution in [-0.2, 0) is 11.3 Å². The lowest BCUT2D eigenvalue weighted by Gasteiger charge is -2.19. The summed E-state index contributed by atoms with van der Waals surface area (Å²) in [6.07, 6.45) is 1.05. The van der Waals surface area contributed by atoms with Crippen LogP contribution in [0.2, 0.25) is 0 Å². The SMILES string of the molecule is CC(C)(C)NC(=O)OCc1cn[nH]n1. The summed E-state index contributed by atoms with van der Waals surface area (Å²) >= 11 is 0. The maximum absolute atomic E-state index is 11.2. The molecule has 0 saturated heterocycles. The van der Waals surface area contributed by atoms with Gasteiger partial charge in [0.2, 0.25) is 0 Å². The Morgan fingerprint density at radius 1 is 1.64 bits per heavy atom. The van der Waals surface area contributed by atoms with Gasteiger partial charge in [0.25, 0.3) is 0 Å². The number of alkyl carbamates (subject to hydrolysis) is 1. The van der Waals surface area contributed by atoms with Crippen molar-refractivity contribution in [1.82, 2.24) is 20.7 Å². The molecule has 0 saturated carbocycles. The van der Waals surface area contributed by atoms with E-state index < -0.39 is 6.09 Å². The van der Waals surface area contributed by atoms with E-state index in [0.29, 0.717) is 5.69 Å². The monoisotopic (exact) mass is 198 g/mol. The van der Waals surface area contributed by atoms with Gasteiger partial charge >= 0.3 is 6.09 Å². The number of amides is 1. The van der Waals surface area contributed by atoms with Crippen LogP contribution in [0.4, 0.5) is 4.79 Å². The Labute approximate surface area is 82.0 Å². The molecule has 0 aromatic carbocycles. The summed E-state index contributed by atoms with van der Waals surface area (Å²) in [6, 6.07) is 0. The highest BCUT2D eigenvalue weighted by molar-refractivity contribution is 5.67. The minimum atomic E-state index is -0.458. The van der Waals surface area contributed by atoms with E-state index in [1.54, 1.807) is 0 Å². The van der Waals surface area contributed by atoms with Gasteiger partial charge in [0.15, 0.2) is 0 Å². The first kappa shape index (κ1) is 10.5. The predicted octanol–water partition coefficient (Wildman–Crippen LogP) is 0.829. The molecule has 0 fully saturated rings. The molecule has 0 atom stereocenters. The normalized spacial score (nSPS) is 11.1. The van der Waals surface area contributed by atoms with E-state index in [4.69, 9.17) is 4.74 Å². The summed E-state index contributed by atoms with van der Waals surface area (Å²) in [5.74, 6) is 0. The van der Waals surface area contributed by atoms with Crippen LogP contribution >= 0.6 is 0 Å². The molecule has 1 aromatic heterocycles. The molecule has 0 aliphatic rings. The minimum Gasteiger partial charge on any atom is -0.443 e. The average molecular weight is 198 g/mol. The van der Waals surface area contributed by atoms with E-state index in [1.165, 1.54) is 6.20 Å². The van der Waals surface area contributed by atoms with Crippen LogP contribution in [0.5, 0.6) is 0 Å². The van der Waals surface area contributed by atoms with Crippen molar-refractivity contribution in [2.24, 2.45) is 0 Å². The van der Waals surface area contributed by atoms with Gasteiger partial charge in [-0.15, -0.1) is 0 Å². The van der Waals surface area contributed by atoms with Gasteiger partial charge in [-0.2, -0.15) is 15.4 Å². The van der Waals surface area contributed by atoms with Crippen molar-refractivity contribution in [3.8, 4) is 0 Å². The molecule has 0 spiro atoms. The Hall–Kier alpha value is -1.59. The summed E-state index contributed by atoms with van der Waals surface area (Å²) in [5, 5.41) is 12.4. The topological polar surface area (TPSA) is 79.9 Å². The zero-order valence-electron chi connectivity index (χ0n) is 8.50. The van der Waals surface area contributed by atoms with Crippen LogP contribution in [-0.4, -0.2) is 27.0 Å². The Morgan fingerprint density at radius 3 is 2.86 bits per heavy atom. The fourth-order valence-electron chi connectivity index (χ4n) is 0.777. The molecular weight excluding hydrogens is 184 g/mol. The Bertz CT molecular complexity index is 289. The highest BCUT2D eigenvalue weighted by Gasteiger charge is 2.14. The van der Waals surface area contributed by atoms with Gasteiger partial charge in [0.05, 0.1) is 6.20 Å². The number of ether oxygens (including phenoxy) is 1. The van der Waals surface area contributed by atoms with Crippen molar-refractivity contribution in [2.45, 2.75) is 32.9 Å². The van der Waals surface area contributed by atoms with Crippen LogP contribution in [0, 0.1) is 0 Å².